The van der Waals surface area contributed by atoms with Crippen LogP contribution in [0.3, 0.4) is 0 Å². The monoisotopic (exact) mass is 219 g/mol. The number of hydrogen-bond donors (Lipinski definition) is 1. The van der Waals surface area contributed by atoms with Crippen LogP contribution in [0.1, 0.15) is 17.1 Å². The van der Waals surface area contributed by atoms with Crippen LogP contribution in [0.5, 0.6) is 0 Å². The normalized spacial score (nSPS) is 10.6. The van der Waals surface area contributed by atoms with E-state index in [-0.39, 0.29) is 5.82 Å². The van der Waals surface area contributed by atoms with Gasteiger partial charge in [-0.15, -0.1) is 0 Å². The fraction of sp³-hybridized carbons (Fsp3) is 0.231. The maximum absolute atomic E-state index is 12.7. The average Bonchev–Trinajstić information content (AvgIpc) is 2.70. The molecule has 0 aliphatic carbocycles. The minimum absolute atomic E-state index is 0.216. The van der Waals surface area contributed by atoms with Crippen molar-refractivity contribution in [2.24, 2.45) is 5.73 Å². The third kappa shape index (κ3) is 2.70. The Bertz CT molecular complexity index is 447. The molecule has 1 aromatic carbocycles. The summed E-state index contributed by atoms with van der Waals surface area (Å²) in [6.45, 7) is 0.587. The summed E-state index contributed by atoms with van der Waals surface area (Å²) in [4.78, 5) is 0. The summed E-state index contributed by atoms with van der Waals surface area (Å²) < 4.78 is 18.3. The van der Waals surface area contributed by atoms with Crippen molar-refractivity contribution in [3.63, 3.8) is 0 Å². The first-order chi connectivity index (χ1) is 7.78. The first-order valence-electron chi connectivity index (χ1n) is 5.30. The zero-order valence-electron chi connectivity index (χ0n) is 8.95. The number of furan rings is 1. The van der Waals surface area contributed by atoms with Crippen molar-refractivity contribution in [2.45, 2.75) is 12.8 Å². The van der Waals surface area contributed by atoms with E-state index >= 15 is 0 Å². The van der Waals surface area contributed by atoms with Crippen molar-refractivity contribution in [2.75, 3.05) is 6.54 Å². The largest absolute Gasteiger partial charge is 0.466 e. The van der Waals surface area contributed by atoms with Crippen molar-refractivity contribution in [1.82, 2.24) is 0 Å². The Morgan fingerprint density at radius 2 is 1.69 bits per heavy atom. The van der Waals surface area contributed by atoms with Gasteiger partial charge in [0.05, 0.1) is 0 Å². The van der Waals surface area contributed by atoms with Crippen molar-refractivity contribution >= 4 is 0 Å². The lowest BCUT2D eigenvalue weighted by molar-refractivity contribution is 0.474. The Labute approximate surface area is 93.9 Å². The summed E-state index contributed by atoms with van der Waals surface area (Å²) >= 11 is 0. The molecule has 0 aliphatic rings. The second-order valence-corrected chi connectivity index (χ2v) is 3.71. The van der Waals surface area contributed by atoms with Gasteiger partial charge in [0, 0.05) is 12.8 Å². The van der Waals surface area contributed by atoms with E-state index in [0.717, 1.165) is 23.5 Å². The van der Waals surface area contributed by atoms with Crippen molar-refractivity contribution in [1.29, 1.82) is 0 Å². The Morgan fingerprint density at radius 1 is 1.00 bits per heavy atom. The summed E-state index contributed by atoms with van der Waals surface area (Å²) in [5.41, 5.74) is 6.47. The number of halogens is 1. The molecule has 2 N–H and O–H groups in total. The smallest absolute Gasteiger partial charge is 0.123 e. The quantitative estimate of drug-likeness (QED) is 0.858. The highest BCUT2D eigenvalue weighted by Gasteiger charge is 2.02. The van der Waals surface area contributed by atoms with Crippen LogP contribution in [-0.2, 0) is 12.8 Å². The molecular formula is C13H14FNO. The van der Waals surface area contributed by atoms with Gasteiger partial charge in [-0.05, 0) is 36.4 Å². The maximum Gasteiger partial charge on any atom is 0.123 e. The zero-order valence-corrected chi connectivity index (χ0v) is 8.95. The van der Waals surface area contributed by atoms with Crippen LogP contribution >= 0.6 is 0 Å². The SMILES string of the molecule is NCCc1ccc(Cc2ccc(F)cc2)o1. The molecule has 0 aliphatic heterocycles. The van der Waals surface area contributed by atoms with Crippen LogP contribution in [0, 0.1) is 5.82 Å². The zero-order chi connectivity index (χ0) is 11.4. The van der Waals surface area contributed by atoms with Crippen LogP contribution in [0.4, 0.5) is 4.39 Å². The van der Waals surface area contributed by atoms with Gasteiger partial charge in [-0.25, -0.2) is 4.39 Å². The Kier molecular flexibility index (Phi) is 3.37. The van der Waals surface area contributed by atoms with Crippen LogP contribution in [0.25, 0.3) is 0 Å². The molecule has 0 radical (unpaired) electrons. The highest BCUT2D eigenvalue weighted by molar-refractivity contribution is 5.22. The van der Waals surface area contributed by atoms with Gasteiger partial charge < -0.3 is 10.2 Å². The van der Waals surface area contributed by atoms with E-state index in [9.17, 15) is 4.39 Å². The topological polar surface area (TPSA) is 39.2 Å². The second kappa shape index (κ2) is 4.94. The van der Waals surface area contributed by atoms with Gasteiger partial charge in [0.2, 0.25) is 0 Å². The first-order valence-corrected chi connectivity index (χ1v) is 5.30. The molecule has 2 rings (SSSR count). The highest BCUT2D eigenvalue weighted by Crippen LogP contribution is 2.14. The standard InChI is InChI=1S/C13H14FNO/c14-11-3-1-10(2-4-11)9-13-6-5-12(16-13)7-8-15/h1-6H,7-9,15H2. The van der Waals surface area contributed by atoms with E-state index in [0.29, 0.717) is 13.0 Å². The molecular weight excluding hydrogens is 205 g/mol. The average molecular weight is 219 g/mol. The highest BCUT2D eigenvalue weighted by atomic mass is 19.1. The van der Waals surface area contributed by atoms with Gasteiger partial charge in [-0.1, -0.05) is 12.1 Å². The summed E-state index contributed by atoms with van der Waals surface area (Å²) in [5, 5.41) is 0. The number of hydrogen-bond acceptors (Lipinski definition) is 2. The van der Waals surface area contributed by atoms with E-state index in [4.69, 9.17) is 10.2 Å². The summed E-state index contributed by atoms with van der Waals surface area (Å²) in [5.74, 6) is 1.57. The molecule has 0 saturated carbocycles. The molecule has 0 amide bonds. The molecule has 0 fully saturated rings. The molecule has 0 atom stereocenters. The predicted octanol–water partition coefficient (Wildman–Crippen LogP) is 2.51. The maximum atomic E-state index is 12.7. The summed E-state index contributed by atoms with van der Waals surface area (Å²) in [6.07, 6.45) is 1.44. The molecule has 3 heteroatoms. The summed E-state index contributed by atoms with van der Waals surface area (Å²) in [6, 6.07) is 10.3. The van der Waals surface area contributed by atoms with Gasteiger partial charge in [0.1, 0.15) is 17.3 Å². The van der Waals surface area contributed by atoms with Crippen LogP contribution in [-0.4, -0.2) is 6.54 Å². The van der Waals surface area contributed by atoms with Crippen molar-refractivity contribution in [3.05, 3.63) is 59.3 Å². The molecule has 0 unspecified atom stereocenters. The minimum Gasteiger partial charge on any atom is -0.466 e. The van der Waals surface area contributed by atoms with E-state index in [1.165, 1.54) is 12.1 Å². The van der Waals surface area contributed by atoms with Crippen LogP contribution in [0.15, 0.2) is 40.8 Å². The van der Waals surface area contributed by atoms with Crippen LogP contribution < -0.4 is 5.73 Å². The number of rotatable bonds is 4. The summed E-state index contributed by atoms with van der Waals surface area (Å²) in [7, 11) is 0. The van der Waals surface area contributed by atoms with Crippen molar-refractivity contribution in [3.8, 4) is 0 Å². The molecule has 1 heterocycles. The number of nitrogens with two attached hydrogens (primary N) is 1. The predicted molar refractivity (Wildman–Crippen MR) is 60.7 cm³/mol. The van der Waals surface area contributed by atoms with Gasteiger partial charge in [0.15, 0.2) is 0 Å². The third-order valence-electron chi connectivity index (χ3n) is 2.40. The molecule has 16 heavy (non-hydrogen) atoms. The van der Waals surface area contributed by atoms with Crippen LogP contribution in [0.2, 0.25) is 0 Å². The Morgan fingerprint density at radius 3 is 2.38 bits per heavy atom. The van der Waals surface area contributed by atoms with E-state index in [1.807, 2.05) is 12.1 Å². The molecule has 0 saturated heterocycles. The van der Waals surface area contributed by atoms with E-state index in [2.05, 4.69) is 0 Å². The van der Waals surface area contributed by atoms with Gasteiger partial charge >= 0.3 is 0 Å². The second-order valence-electron chi connectivity index (χ2n) is 3.71. The molecule has 1 aromatic heterocycles. The molecule has 84 valence electrons. The third-order valence-corrected chi connectivity index (χ3v) is 2.40. The Balaban J connectivity index is 2.05. The van der Waals surface area contributed by atoms with E-state index in [1.54, 1.807) is 12.1 Å². The molecule has 2 aromatic rings. The molecule has 0 bridgehead atoms. The lowest BCUT2D eigenvalue weighted by atomic mass is 10.1. The molecule has 0 spiro atoms. The number of benzene rings is 1. The van der Waals surface area contributed by atoms with Gasteiger partial charge in [-0.3, -0.25) is 0 Å². The van der Waals surface area contributed by atoms with Crippen molar-refractivity contribution < 1.29 is 8.81 Å². The Hall–Kier alpha value is -1.61. The lowest BCUT2D eigenvalue weighted by Gasteiger charge is -1.98. The van der Waals surface area contributed by atoms with E-state index < -0.39 is 0 Å². The fourth-order valence-electron chi connectivity index (χ4n) is 1.60. The van der Waals surface area contributed by atoms with Gasteiger partial charge in [-0.2, -0.15) is 0 Å². The molecule has 2 nitrogen and oxygen atoms in total. The van der Waals surface area contributed by atoms with Gasteiger partial charge in [0.25, 0.3) is 0 Å². The minimum atomic E-state index is -0.216. The fourth-order valence-corrected chi connectivity index (χ4v) is 1.60. The lowest BCUT2D eigenvalue weighted by Crippen LogP contribution is -2.01. The first kappa shape index (κ1) is 10.9.